The highest BCUT2D eigenvalue weighted by Crippen LogP contribution is 2.21. The number of nitrogens with zero attached hydrogens (tertiary/aromatic N) is 1. The normalized spacial score (nSPS) is 16.2. The molecule has 3 N–H and O–H groups in total. The molecule has 11 heteroatoms. The summed E-state index contributed by atoms with van der Waals surface area (Å²) in [4.78, 5) is 38.5. The van der Waals surface area contributed by atoms with Crippen LogP contribution in [0, 0.1) is 0 Å². The van der Waals surface area contributed by atoms with Gasteiger partial charge in [0.05, 0.1) is 34.6 Å². The summed E-state index contributed by atoms with van der Waals surface area (Å²) in [5.74, 6) is -0.377. The third-order valence-corrected chi connectivity index (χ3v) is 5.93. The van der Waals surface area contributed by atoms with Gasteiger partial charge in [0.15, 0.2) is 0 Å². The van der Waals surface area contributed by atoms with Crippen molar-refractivity contribution in [3.8, 4) is 0 Å². The molecule has 28 heavy (non-hydrogen) atoms. The van der Waals surface area contributed by atoms with Crippen molar-refractivity contribution in [1.82, 2.24) is 19.6 Å². The lowest BCUT2D eigenvalue weighted by atomic mass is 10.0. The van der Waals surface area contributed by atoms with Crippen LogP contribution < -0.4 is 21.3 Å². The van der Waals surface area contributed by atoms with Gasteiger partial charge in [0, 0.05) is 19.7 Å². The van der Waals surface area contributed by atoms with Crippen LogP contribution in [-0.2, 0) is 26.1 Å². The Hall–Kier alpha value is -2.76. The van der Waals surface area contributed by atoms with E-state index in [1.807, 2.05) is 0 Å². The molecule has 10 nitrogen and oxygen atoms in total. The Morgan fingerprint density at radius 1 is 1.36 bits per heavy atom. The summed E-state index contributed by atoms with van der Waals surface area (Å²) in [5.41, 5.74) is -1.79. The number of carbonyl (C=O) groups excluding carboxylic acids is 1. The summed E-state index contributed by atoms with van der Waals surface area (Å²) < 4.78 is 33.7. The van der Waals surface area contributed by atoms with E-state index >= 15 is 0 Å². The molecule has 2 aromatic rings. The van der Waals surface area contributed by atoms with Crippen LogP contribution in [0.3, 0.4) is 0 Å². The van der Waals surface area contributed by atoms with Gasteiger partial charge < -0.3 is 15.0 Å². The first-order valence-electron chi connectivity index (χ1n) is 8.42. The largest absolute Gasteiger partial charge is 0.377 e. The van der Waals surface area contributed by atoms with Gasteiger partial charge >= 0.3 is 5.69 Å². The molecule has 0 atom stereocenters. The number of aromatic nitrogens is 2. The van der Waals surface area contributed by atoms with Gasteiger partial charge in [0.2, 0.25) is 15.9 Å². The Balaban J connectivity index is 2.01. The first-order chi connectivity index (χ1) is 13.1. The monoisotopic (exact) mass is 408 g/mol. The highest BCUT2D eigenvalue weighted by atomic mass is 32.2. The molecular formula is C17H20N4O6S. The fourth-order valence-electron chi connectivity index (χ4n) is 2.76. The zero-order valence-corrected chi connectivity index (χ0v) is 16.1. The number of allylic oxidation sites excluding steroid dienone is 1. The number of hydrogen-bond acceptors (Lipinski definition) is 6. The number of rotatable bonds is 6. The lowest BCUT2D eigenvalue weighted by Crippen LogP contribution is -2.59. The number of fused-ring (bicyclic) bond motifs is 1. The number of sulfonamides is 1. The van der Waals surface area contributed by atoms with Crippen LogP contribution in [0.25, 0.3) is 10.9 Å². The van der Waals surface area contributed by atoms with Crippen molar-refractivity contribution in [2.24, 2.45) is 0 Å². The van der Waals surface area contributed by atoms with E-state index in [9.17, 15) is 22.8 Å². The molecule has 0 bridgehead atoms. The van der Waals surface area contributed by atoms with Gasteiger partial charge in [0.25, 0.3) is 5.56 Å². The molecule has 3 rings (SSSR count). The van der Waals surface area contributed by atoms with Crippen LogP contribution in [0.15, 0.2) is 44.8 Å². The molecule has 1 amide bonds. The average Bonchev–Trinajstić information content (AvgIpc) is 2.62. The molecule has 0 unspecified atom stereocenters. The lowest BCUT2D eigenvalue weighted by molar-refractivity contribution is -0.116. The Morgan fingerprint density at radius 2 is 2.07 bits per heavy atom. The molecule has 2 heterocycles. The minimum Gasteiger partial charge on any atom is -0.377 e. The standard InChI is InChI=1S/C17H20N4O6S/c1-17(9-27-10-17)20-28(25,26)11-5-6-13-12(8-11)15(23)21(16(24)19-13)7-3-4-14(22)18-2/h3-6,8,20H,7,9-10H2,1-2H3,(H,18,22)(H,19,24)/b4-3+. The summed E-state index contributed by atoms with van der Waals surface area (Å²) in [6.07, 6.45) is 2.56. The topological polar surface area (TPSA) is 139 Å². The molecule has 0 saturated carbocycles. The zero-order chi connectivity index (χ0) is 20.5. The predicted molar refractivity (Wildman–Crippen MR) is 102 cm³/mol. The van der Waals surface area contributed by atoms with Crippen LogP contribution in [-0.4, -0.2) is 49.7 Å². The maximum Gasteiger partial charge on any atom is 0.329 e. The summed E-state index contributed by atoms with van der Waals surface area (Å²) >= 11 is 0. The number of carbonyl (C=O) groups is 1. The van der Waals surface area contributed by atoms with E-state index in [1.165, 1.54) is 37.4 Å². The molecule has 1 fully saturated rings. The minimum atomic E-state index is -3.88. The van der Waals surface area contributed by atoms with Gasteiger partial charge in [-0.15, -0.1) is 0 Å². The summed E-state index contributed by atoms with van der Waals surface area (Å²) in [6.45, 7) is 2.11. The summed E-state index contributed by atoms with van der Waals surface area (Å²) in [6, 6.07) is 3.91. The van der Waals surface area contributed by atoms with Crippen LogP contribution in [0.1, 0.15) is 6.92 Å². The van der Waals surface area contributed by atoms with Crippen LogP contribution in [0.4, 0.5) is 0 Å². The molecule has 1 aromatic carbocycles. The van der Waals surface area contributed by atoms with E-state index in [4.69, 9.17) is 4.74 Å². The van der Waals surface area contributed by atoms with Crippen molar-refractivity contribution >= 4 is 26.8 Å². The highest BCUT2D eigenvalue weighted by Gasteiger charge is 2.37. The van der Waals surface area contributed by atoms with Gasteiger partial charge in [-0.3, -0.25) is 14.2 Å². The Morgan fingerprint density at radius 3 is 2.68 bits per heavy atom. The molecule has 0 aliphatic carbocycles. The Labute approximate surface area is 160 Å². The predicted octanol–water partition coefficient (Wildman–Crippen LogP) is -0.941. The summed E-state index contributed by atoms with van der Waals surface area (Å²) in [5, 5.41) is 2.43. The van der Waals surface area contributed by atoms with E-state index in [2.05, 4.69) is 15.0 Å². The maximum atomic E-state index is 12.7. The van der Waals surface area contributed by atoms with Crippen molar-refractivity contribution in [1.29, 1.82) is 0 Å². The molecule has 0 spiro atoms. The van der Waals surface area contributed by atoms with Crippen molar-refractivity contribution in [3.05, 3.63) is 51.2 Å². The van der Waals surface area contributed by atoms with Crippen molar-refractivity contribution < 1.29 is 17.9 Å². The van der Waals surface area contributed by atoms with E-state index in [-0.39, 0.29) is 41.5 Å². The van der Waals surface area contributed by atoms with Gasteiger partial charge in [0.1, 0.15) is 0 Å². The second-order valence-corrected chi connectivity index (χ2v) is 8.41. The number of hydrogen-bond donors (Lipinski definition) is 3. The van der Waals surface area contributed by atoms with Crippen molar-refractivity contribution in [3.63, 3.8) is 0 Å². The van der Waals surface area contributed by atoms with E-state index in [0.29, 0.717) is 0 Å². The third kappa shape index (κ3) is 3.91. The summed E-state index contributed by atoms with van der Waals surface area (Å²) in [7, 11) is -2.43. The second-order valence-electron chi connectivity index (χ2n) is 6.73. The van der Waals surface area contributed by atoms with Crippen LogP contribution >= 0.6 is 0 Å². The number of nitrogens with one attached hydrogen (secondary N) is 3. The molecule has 1 aromatic heterocycles. The zero-order valence-electron chi connectivity index (χ0n) is 15.3. The average molecular weight is 408 g/mol. The van der Waals surface area contributed by atoms with Crippen LogP contribution in [0.5, 0.6) is 0 Å². The fourth-order valence-corrected chi connectivity index (χ4v) is 4.17. The Kier molecular flexibility index (Phi) is 5.24. The second kappa shape index (κ2) is 7.34. The van der Waals surface area contributed by atoms with Gasteiger partial charge in [-0.2, -0.15) is 0 Å². The number of likely N-dealkylation sites (N-methyl/N-ethyl adjacent to an activating group) is 1. The molecule has 1 aliphatic heterocycles. The number of H-pyrrole nitrogens is 1. The van der Waals surface area contributed by atoms with Gasteiger partial charge in [-0.05, 0) is 25.1 Å². The SMILES string of the molecule is CNC(=O)/C=C/Cn1c(=O)[nH]c2ccc(S(=O)(=O)NC3(C)COC3)cc2c1=O. The molecule has 1 saturated heterocycles. The minimum absolute atomic E-state index is 0.0471. The third-order valence-electron chi connectivity index (χ3n) is 4.29. The smallest absolute Gasteiger partial charge is 0.329 e. The molecule has 0 radical (unpaired) electrons. The number of benzene rings is 1. The van der Waals surface area contributed by atoms with Crippen molar-refractivity contribution in [2.45, 2.75) is 23.9 Å². The number of ether oxygens (including phenoxy) is 1. The van der Waals surface area contributed by atoms with Gasteiger partial charge in [-0.25, -0.2) is 17.9 Å². The highest BCUT2D eigenvalue weighted by molar-refractivity contribution is 7.89. The lowest BCUT2D eigenvalue weighted by Gasteiger charge is -2.38. The number of amides is 1. The first kappa shape index (κ1) is 20.0. The van der Waals surface area contributed by atoms with E-state index < -0.39 is 26.8 Å². The number of aromatic amines is 1. The van der Waals surface area contributed by atoms with E-state index in [1.54, 1.807) is 6.92 Å². The quantitative estimate of drug-likeness (QED) is 0.527. The molecule has 150 valence electrons. The molecular weight excluding hydrogens is 388 g/mol. The Bertz CT molecular complexity index is 1170. The maximum absolute atomic E-state index is 12.7. The molecule has 1 aliphatic rings. The van der Waals surface area contributed by atoms with E-state index in [0.717, 1.165) is 4.57 Å². The van der Waals surface area contributed by atoms with Gasteiger partial charge in [-0.1, -0.05) is 6.08 Å². The van der Waals surface area contributed by atoms with Crippen LogP contribution in [0.2, 0.25) is 0 Å². The van der Waals surface area contributed by atoms with Crippen molar-refractivity contribution in [2.75, 3.05) is 20.3 Å². The fraction of sp³-hybridized carbons (Fsp3) is 0.353. The first-order valence-corrected chi connectivity index (χ1v) is 9.90.